The quantitative estimate of drug-likeness (QED) is 0.909. The van der Waals surface area contributed by atoms with Crippen LogP contribution in [0.1, 0.15) is 18.4 Å². The van der Waals surface area contributed by atoms with E-state index in [-0.39, 0.29) is 0 Å². The summed E-state index contributed by atoms with van der Waals surface area (Å²) in [6, 6.07) is 6.38. The number of benzene rings is 1. The van der Waals surface area contributed by atoms with E-state index in [1.807, 2.05) is 18.2 Å². The summed E-state index contributed by atoms with van der Waals surface area (Å²) in [5, 5.41) is 3.46. The lowest BCUT2D eigenvalue weighted by molar-refractivity contribution is 0.316. The summed E-state index contributed by atoms with van der Waals surface area (Å²) in [5.74, 6) is 0.657. The van der Waals surface area contributed by atoms with Gasteiger partial charge in [-0.2, -0.15) is 0 Å². The van der Waals surface area contributed by atoms with Crippen molar-refractivity contribution in [2.45, 2.75) is 25.3 Å². The number of fused-ring (bicyclic) bond motifs is 1. The molecule has 0 saturated carbocycles. The van der Waals surface area contributed by atoms with Gasteiger partial charge in [-0.25, -0.2) is 8.42 Å². The van der Waals surface area contributed by atoms with Crippen molar-refractivity contribution in [1.82, 2.24) is 5.32 Å². The molecule has 2 aliphatic rings. The molecule has 0 spiro atoms. The van der Waals surface area contributed by atoms with Gasteiger partial charge < -0.3 is 10.1 Å². The van der Waals surface area contributed by atoms with Gasteiger partial charge in [0, 0.05) is 6.04 Å². The van der Waals surface area contributed by atoms with E-state index in [0.29, 0.717) is 30.6 Å². The van der Waals surface area contributed by atoms with Crippen LogP contribution in [0.15, 0.2) is 18.2 Å². The van der Waals surface area contributed by atoms with E-state index in [1.54, 1.807) is 0 Å². The van der Waals surface area contributed by atoms with Gasteiger partial charge >= 0.3 is 0 Å². The van der Waals surface area contributed by atoms with Crippen LogP contribution in [-0.2, 0) is 16.4 Å². The Balaban J connectivity index is 1.89. The Kier molecular flexibility index (Phi) is 3.60. The Labute approximate surface area is 120 Å². The van der Waals surface area contributed by atoms with E-state index < -0.39 is 10.0 Å². The molecule has 110 valence electrons. The first-order chi connectivity index (χ1) is 9.54. The highest BCUT2D eigenvalue weighted by molar-refractivity contribution is 7.92. The van der Waals surface area contributed by atoms with Crippen LogP contribution < -0.4 is 14.4 Å². The average molecular weight is 296 g/mol. The minimum absolute atomic E-state index is 0.386. The predicted molar refractivity (Wildman–Crippen MR) is 78.9 cm³/mol. The van der Waals surface area contributed by atoms with E-state index in [2.05, 4.69) is 5.32 Å². The molecule has 0 bridgehead atoms. The third-order valence-electron chi connectivity index (χ3n) is 3.89. The third kappa shape index (κ3) is 2.76. The molecule has 1 N–H and O–H groups in total. The van der Waals surface area contributed by atoms with Gasteiger partial charge in [0.25, 0.3) is 0 Å². The lowest BCUT2D eigenvalue weighted by atomic mass is 10.0. The van der Waals surface area contributed by atoms with Crippen LogP contribution in [0.5, 0.6) is 5.75 Å². The number of nitrogens with zero attached hydrogens (tertiary/aromatic N) is 1. The molecule has 1 unspecified atom stereocenters. The molecular weight excluding hydrogens is 276 g/mol. The maximum atomic E-state index is 11.9. The maximum Gasteiger partial charge on any atom is 0.232 e. The van der Waals surface area contributed by atoms with Crippen LogP contribution in [0.3, 0.4) is 0 Å². The van der Waals surface area contributed by atoms with Crippen molar-refractivity contribution >= 4 is 15.7 Å². The molecule has 0 amide bonds. The molecule has 0 radical (unpaired) electrons. The first kappa shape index (κ1) is 13.7. The summed E-state index contributed by atoms with van der Waals surface area (Å²) < 4.78 is 30.7. The van der Waals surface area contributed by atoms with Crippen molar-refractivity contribution in [2.24, 2.45) is 0 Å². The number of hydrogen-bond donors (Lipinski definition) is 1. The monoisotopic (exact) mass is 296 g/mol. The molecule has 3 rings (SSSR count). The summed E-state index contributed by atoms with van der Waals surface area (Å²) in [5.41, 5.74) is 1.83. The molecule has 1 fully saturated rings. The van der Waals surface area contributed by atoms with Crippen LogP contribution in [0.2, 0.25) is 0 Å². The van der Waals surface area contributed by atoms with Crippen molar-refractivity contribution < 1.29 is 13.2 Å². The van der Waals surface area contributed by atoms with Gasteiger partial charge in [0.1, 0.15) is 12.4 Å². The van der Waals surface area contributed by atoms with Gasteiger partial charge in [0.05, 0.1) is 18.5 Å². The van der Waals surface area contributed by atoms with Crippen molar-refractivity contribution in [1.29, 1.82) is 0 Å². The minimum atomic E-state index is -3.25. The van der Waals surface area contributed by atoms with Crippen LogP contribution in [0.25, 0.3) is 0 Å². The van der Waals surface area contributed by atoms with Crippen LogP contribution in [0.4, 0.5) is 5.69 Å². The summed E-state index contributed by atoms with van der Waals surface area (Å²) >= 11 is 0. The molecule has 0 aliphatic carbocycles. The molecule has 1 aromatic rings. The Bertz CT molecular complexity index is 594. The van der Waals surface area contributed by atoms with Crippen molar-refractivity contribution in [3.05, 3.63) is 23.8 Å². The molecule has 6 heteroatoms. The van der Waals surface area contributed by atoms with Gasteiger partial charge in [-0.15, -0.1) is 0 Å². The summed E-state index contributed by atoms with van der Waals surface area (Å²) in [7, 11) is -3.25. The number of sulfonamides is 1. The fraction of sp³-hybridized carbons (Fsp3) is 0.571. The normalized spacial score (nSPS) is 22.4. The molecule has 20 heavy (non-hydrogen) atoms. The van der Waals surface area contributed by atoms with Crippen molar-refractivity contribution in [2.75, 3.05) is 30.3 Å². The topological polar surface area (TPSA) is 58.6 Å². The zero-order valence-corrected chi connectivity index (χ0v) is 12.4. The second-order valence-electron chi connectivity index (χ2n) is 5.48. The van der Waals surface area contributed by atoms with Gasteiger partial charge in [-0.05, 0) is 43.5 Å². The van der Waals surface area contributed by atoms with Crippen LogP contribution >= 0.6 is 0 Å². The predicted octanol–water partition coefficient (Wildman–Crippen LogP) is 1.14. The molecule has 2 heterocycles. The lowest BCUT2D eigenvalue weighted by Gasteiger charge is -2.29. The molecular formula is C14H20N2O3S. The van der Waals surface area contributed by atoms with Crippen LogP contribution in [0, 0.1) is 0 Å². The highest BCUT2D eigenvalue weighted by Crippen LogP contribution is 2.34. The molecule has 1 saturated heterocycles. The van der Waals surface area contributed by atoms with E-state index in [9.17, 15) is 8.42 Å². The van der Waals surface area contributed by atoms with Crippen LogP contribution in [-0.4, -0.2) is 40.4 Å². The standard InChI is InChI=1S/C14H20N2O3S/c1-20(17,18)16-7-8-19-14-5-4-11(10-13(14)16)9-12-3-2-6-15-12/h4-5,10,12,15H,2-3,6-9H2,1H3. The molecule has 1 atom stereocenters. The SMILES string of the molecule is CS(=O)(=O)N1CCOc2ccc(CC3CCCN3)cc21. The number of rotatable bonds is 3. The average Bonchev–Trinajstić information content (AvgIpc) is 2.89. The molecule has 0 aromatic heterocycles. The fourth-order valence-electron chi connectivity index (χ4n) is 2.93. The van der Waals surface area contributed by atoms with E-state index in [1.165, 1.54) is 23.4 Å². The van der Waals surface area contributed by atoms with Gasteiger partial charge in [0.2, 0.25) is 10.0 Å². The van der Waals surface area contributed by atoms with Gasteiger partial charge in [0.15, 0.2) is 0 Å². The van der Waals surface area contributed by atoms with Crippen molar-refractivity contribution in [3.8, 4) is 5.75 Å². The Morgan fingerprint density at radius 3 is 3.00 bits per heavy atom. The highest BCUT2D eigenvalue weighted by Gasteiger charge is 2.26. The number of anilines is 1. The summed E-state index contributed by atoms with van der Waals surface area (Å²) in [4.78, 5) is 0. The van der Waals surface area contributed by atoms with E-state index >= 15 is 0 Å². The second-order valence-corrected chi connectivity index (χ2v) is 7.39. The molecule has 5 nitrogen and oxygen atoms in total. The smallest absolute Gasteiger partial charge is 0.232 e. The van der Waals surface area contributed by atoms with Gasteiger partial charge in [-0.3, -0.25) is 4.31 Å². The minimum Gasteiger partial charge on any atom is -0.489 e. The lowest BCUT2D eigenvalue weighted by Crippen LogP contribution is -2.37. The number of nitrogens with one attached hydrogen (secondary N) is 1. The summed E-state index contributed by atoms with van der Waals surface area (Å²) in [6.07, 6.45) is 4.58. The first-order valence-corrected chi connectivity index (χ1v) is 8.86. The fourth-order valence-corrected chi connectivity index (χ4v) is 3.83. The maximum absolute atomic E-state index is 11.9. The third-order valence-corrected chi connectivity index (χ3v) is 5.07. The number of ether oxygens (including phenoxy) is 1. The second kappa shape index (κ2) is 5.26. The molecule has 2 aliphatic heterocycles. The van der Waals surface area contributed by atoms with E-state index in [4.69, 9.17) is 4.74 Å². The Hall–Kier alpha value is -1.27. The zero-order valence-electron chi connectivity index (χ0n) is 11.6. The Morgan fingerprint density at radius 1 is 1.45 bits per heavy atom. The first-order valence-electron chi connectivity index (χ1n) is 7.01. The van der Waals surface area contributed by atoms with Gasteiger partial charge in [-0.1, -0.05) is 6.07 Å². The number of hydrogen-bond acceptors (Lipinski definition) is 4. The Morgan fingerprint density at radius 2 is 2.30 bits per heavy atom. The summed E-state index contributed by atoms with van der Waals surface area (Å²) in [6.45, 7) is 1.87. The largest absolute Gasteiger partial charge is 0.489 e. The highest BCUT2D eigenvalue weighted by atomic mass is 32.2. The van der Waals surface area contributed by atoms with E-state index in [0.717, 1.165) is 18.5 Å². The zero-order chi connectivity index (χ0) is 14.2. The van der Waals surface area contributed by atoms with Crippen molar-refractivity contribution in [3.63, 3.8) is 0 Å². The molecule has 1 aromatic carbocycles.